The van der Waals surface area contributed by atoms with E-state index in [-0.39, 0.29) is 11.5 Å². The predicted octanol–water partition coefficient (Wildman–Crippen LogP) is 4.46. The van der Waals surface area contributed by atoms with Crippen molar-refractivity contribution >= 4 is 23.3 Å². The molecule has 0 spiro atoms. The Labute approximate surface area is 165 Å². The molecule has 0 radical (unpaired) electrons. The fourth-order valence-electron chi connectivity index (χ4n) is 3.47. The fourth-order valence-corrected chi connectivity index (χ4v) is 3.47. The summed E-state index contributed by atoms with van der Waals surface area (Å²) in [5.74, 6) is -0.263. The third-order valence-corrected chi connectivity index (χ3v) is 4.98. The topological polar surface area (TPSA) is 78.9 Å². The molecule has 1 aliphatic heterocycles. The Morgan fingerprint density at radius 1 is 1.07 bits per heavy atom. The van der Waals surface area contributed by atoms with Crippen LogP contribution in [0.5, 0.6) is 5.75 Å². The van der Waals surface area contributed by atoms with Crippen LogP contribution in [-0.2, 0) is 0 Å². The zero-order valence-corrected chi connectivity index (χ0v) is 16.3. The van der Waals surface area contributed by atoms with Crippen molar-refractivity contribution in [2.75, 3.05) is 25.0 Å². The van der Waals surface area contributed by atoms with E-state index in [2.05, 4.69) is 5.32 Å². The van der Waals surface area contributed by atoms with Crippen LogP contribution >= 0.6 is 0 Å². The second-order valence-electron chi connectivity index (χ2n) is 6.91. The van der Waals surface area contributed by atoms with E-state index in [0.29, 0.717) is 17.9 Å². The van der Waals surface area contributed by atoms with Gasteiger partial charge in [-0.1, -0.05) is 0 Å². The van der Waals surface area contributed by atoms with E-state index in [9.17, 15) is 9.59 Å². The van der Waals surface area contributed by atoms with Crippen LogP contribution in [0.15, 0.2) is 36.4 Å². The highest BCUT2D eigenvalue weighted by Gasteiger charge is 2.22. The van der Waals surface area contributed by atoms with Crippen LogP contribution < -0.4 is 10.1 Å². The van der Waals surface area contributed by atoms with Crippen molar-refractivity contribution in [2.45, 2.75) is 33.1 Å². The van der Waals surface area contributed by atoms with Crippen LogP contribution in [-0.4, -0.2) is 41.6 Å². The van der Waals surface area contributed by atoms with Crippen LogP contribution in [0.2, 0.25) is 0 Å². The quantitative estimate of drug-likeness (QED) is 0.771. The van der Waals surface area contributed by atoms with Gasteiger partial charge in [-0.05, 0) is 69.5 Å². The first kappa shape index (κ1) is 19.7. The lowest BCUT2D eigenvalue weighted by Gasteiger charge is -2.28. The molecule has 3 rings (SSSR count). The smallest absolute Gasteiger partial charge is 0.335 e. The molecule has 0 aliphatic carbocycles. The van der Waals surface area contributed by atoms with Gasteiger partial charge >= 0.3 is 5.97 Å². The number of piperidine rings is 1. The molecule has 1 amide bonds. The number of nitrogens with one attached hydrogen (secondary N) is 1. The summed E-state index contributed by atoms with van der Waals surface area (Å²) >= 11 is 0. The van der Waals surface area contributed by atoms with E-state index >= 15 is 0 Å². The van der Waals surface area contributed by atoms with Crippen molar-refractivity contribution in [1.82, 2.24) is 4.90 Å². The van der Waals surface area contributed by atoms with E-state index in [4.69, 9.17) is 9.84 Å². The molecular weight excluding hydrogens is 356 g/mol. The number of carbonyl (C=O) groups is 2. The number of hydrogen-bond donors (Lipinski definition) is 2. The molecule has 0 saturated carbocycles. The largest absolute Gasteiger partial charge is 0.491 e. The van der Waals surface area contributed by atoms with Crippen molar-refractivity contribution in [3.05, 3.63) is 53.1 Å². The summed E-state index contributed by atoms with van der Waals surface area (Å²) < 4.78 is 5.85. The summed E-state index contributed by atoms with van der Waals surface area (Å²) in [4.78, 5) is 25.9. The van der Waals surface area contributed by atoms with Gasteiger partial charge < -0.3 is 20.1 Å². The fraction of sp³-hybridized carbons (Fsp3) is 0.364. The first-order valence-electron chi connectivity index (χ1n) is 9.67. The van der Waals surface area contributed by atoms with E-state index < -0.39 is 5.97 Å². The lowest BCUT2D eigenvalue weighted by atomic mass is 10.0. The highest BCUT2D eigenvalue weighted by molar-refractivity contribution is 5.97. The Morgan fingerprint density at radius 3 is 2.36 bits per heavy atom. The van der Waals surface area contributed by atoms with Crippen LogP contribution in [0.25, 0.3) is 0 Å². The molecule has 0 aromatic heterocycles. The van der Waals surface area contributed by atoms with Gasteiger partial charge in [-0.15, -0.1) is 0 Å². The number of anilines is 2. The highest BCUT2D eigenvalue weighted by atomic mass is 16.5. The monoisotopic (exact) mass is 382 g/mol. The summed E-state index contributed by atoms with van der Waals surface area (Å²) in [6.45, 7) is 5.90. The van der Waals surface area contributed by atoms with Gasteiger partial charge in [0.25, 0.3) is 5.91 Å². The van der Waals surface area contributed by atoms with Gasteiger partial charge in [0, 0.05) is 29.9 Å². The van der Waals surface area contributed by atoms with Gasteiger partial charge in [0.15, 0.2) is 0 Å². The average Bonchev–Trinajstić information content (AvgIpc) is 2.71. The molecule has 1 saturated heterocycles. The van der Waals surface area contributed by atoms with Gasteiger partial charge in [-0.25, -0.2) is 4.79 Å². The second-order valence-corrected chi connectivity index (χ2v) is 6.91. The lowest BCUT2D eigenvalue weighted by molar-refractivity contribution is 0.0694. The van der Waals surface area contributed by atoms with Gasteiger partial charge in [-0.2, -0.15) is 0 Å². The van der Waals surface area contributed by atoms with Crippen molar-refractivity contribution in [1.29, 1.82) is 0 Å². The maximum atomic E-state index is 12.9. The molecule has 6 heteroatoms. The van der Waals surface area contributed by atoms with E-state index in [1.807, 2.05) is 30.9 Å². The number of amides is 1. The number of carboxylic acid groups (broad SMARTS) is 1. The number of nitrogens with zero attached hydrogens (tertiary/aromatic N) is 1. The van der Waals surface area contributed by atoms with Crippen molar-refractivity contribution in [3.8, 4) is 5.75 Å². The molecule has 1 aliphatic rings. The minimum Gasteiger partial charge on any atom is -0.491 e. The van der Waals surface area contributed by atoms with E-state index in [1.165, 1.54) is 6.42 Å². The number of hydrogen-bond acceptors (Lipinski definition) is 4. The molecule has 2 N–H and O–H groups in total. The summed E-state index contributed by atoms with van der Waals surface area (Å²) in [5, 5.41) is 12.3. The molecule has 148 valence electrons. The number of aromatic carboxylic acids is 1. The van der Waals surface area contributed by atoms with Gasteiger partial charge in [0.1, 0.15) is 5.75 Å². The Bertz CT molecular complexity index is 856. The third-order valence-electron chi connectivity index (χ3n) is 4.98. The number of carbonyl (C=O) groups excluding carboxylic acids is 1. The highest BCUT2D eigenvalue weighted by Crippen LogP contribution is 2.34. The molecule has 0 atom stereocenters. The number of benzene rings is 2. The van der Waals surface area contributed by atoms with Crippen LogP contribution in [0.4, 0.5) is 11.4 Å². The minimum absolute atomic E-state index is 0.0514. The number of ether oxygens (including phenoxy) is 1. The molecule has 6 nitrogen and oxygen atoms in total. The molecular formula is C22H26N2O4. The van der Waals surface area contributed by atoms with Crippen molar-refractivity contribution in [3.63, 3.8) is 0 Å². The minimum atomic E-state index is -0.960. The molecule has 28 heavy (non-hydrogen) atoms. The van der Waals surface area contributed by atoms with Crippen LogP contribution in [0, 0.1) is 6.92 Å². The maximum absolute atomic E-state index is 12.9. The summed E-state index contributed by atoms with van der Waals surface area (Å²) in [6.07, 6.45) is 3.28. The van der Waals surface area contributed by atoms with Crippen molar-refractivity contribution in [2.24, 2.45) is 0 Å². The normalized spacial score (nSPS) is 13.9. The molecule has 1 heterocycles. The van der Waals surface area contributed by atoms with Crippen LogP contribution in [0.1, 0.15) is 52.5 Å². The molecule has 2 aromatic rings. The first-order valence-corrected chi connectivity index (χ1v) is 9.67. The summed E-state index contributed by atoms with van der Waals surface area (Å²) in [7, 11) is 0. The Balaban J connectivity index is 1.88. The SMILES string of the molecule is CCOc1c(Nc2ccc(C(=O)O)cc2)ccc(C(=O)N2CCCCC2)c1C. The number of rotatable bonds is 6. The zero-order valence-electron chi connectivity index (χ0n) is 16.3. The van der Waals surface area contributed by atoms with E-state index in [0.717, 1.165) is 42.9 Å². The molecule has 1 fully saturated rings. The predicted molar refractivity (Wildman–Crippen MR) is 109 cm³/mol. The van der Waals surface area contributed by atoms with Crippen molar-refractivity contribution < 1.29 is 19.4 Å². The van der Waals surface area contributed by atoms with Gasteiger partial charge in [-0.3, -0.25) is 4.79 Å². The molecule has 0 unspecified atom stereocenters. The Kier molecular flexibility index (Phi) is 6.19. The summed E-state index contributed by atoms with van der Waals surface area (Å²) in [5.41, 5.74) is 3.20. The summed E-state index contributed by atoms with van der Waals surface area (Å²) in [6, 6.07) is 10.2. The zero-order chi connectivity index (χ0) is 20.1. The first-order chi connectivity index (χ1) is 13.5. The second kappa shape index (κ2) is 8.78. The van der Waals surface area contributed by atoms with E-state index in [1.54, 1.807) is 24.3 Å². The third kappa shape index (κ3) is 4.27. The standard InChI is InChI=1S/C22H26N2O4/c1-3-28-20-15(2)18(21(25)24-13-5-4-6-14-24)11-12-19(20)23-17-9-7-16(8-10-17)22(26)27/h7-12,23H,3-6,13-14H2,1-2H3,(H,26,27). The average molecular weight is 382 g/mol. The molecule has 0 bridgehead atoms. The number of carboxylic acids is 1. The van der Waals surface area contributed by atoms with Crippen LogP contribution in [0.3, 0.4) is 0 Å². The Morgan fingerprint density at radius 2 is 1.75 bits per heavy atom. The Hall–Kier alpha value is -3.02. The number of likely N-dealkylation sites (tertiary alicyclic amines) is 1. The maximum Gasteiger partial charge on any atom is 0.335 e. The molecule has 2 aromatic carbocycles. The van der Waals surface area contributed by atoms with Gasteiger partial charge in [0.05, 0.1) is 17.9 Å². The van der Waals surface area contributed by atoms with Gasteiger partial charge in [0.2, 0.25) is 0 Å². The lowest BCUT2D eigenvalue weighted by Crippen LogP contribution is -2.36.